The number of hydrogen-bond donors (Lipinski definition) is 2. The minimum absolute atomic E-state index is 1.02. The van der Waals surface area contributed by atoms with Crippen molar-refractivity contribution >= 4 is 23.3 Å². The minimum atomic E-state index is 1.02. The van der Waals surface area contributed by atoms with Crippen LogP contribution in [0.3, 0.4) is 0 Å². The monoisotopic (exact) mass is 780 g/mol. The molecule has 0 fully saturated rings. The molecule has 4 aromatic carbocycles. The van der Waals surface area contributed by atoms with E-state index < -0.39 is 0 Å². The molecule has 0 radical (unpaired) electrons. The lowest BCUT2D eigenvalue weighted by Crippen LogP contribution is -2.15. The highest BCUT2D eigenvalue weighted by molar-refractivity contribution is 8.59. The summed E-state index contributed by atoms with van der Waals surface area (Å²) in [6.07, 6.45) is 13.3. The molecule has 5 heterocycles. The van der Waals surface area contributed by atoms with Crippen LogP contribution in [0.1, 0.15) is 64.8 Å². The van der Waals surface area contributed by atoms with Crippen molar-refractivity contribution in [1.82, 2.24) is 28.7 Å². The molecule has 1 aliphatic heterocycles. The van der Waals surface area contributed by atoms with Gasteiger partial charge in [0.2, 0.25) is 0 Å². The molecule has 0 bridgehead atoms. The molecule has 0 saturated carbocycles. The van der Waals surface area contributed by atoms with Crippen LogP contribution in [0.4, 0.5) is 0 Å². The van der Waals surface area contributed by atoms with Crippen LogP contribution in [0.15, 0.2) is 164 Å². The number of nitrogens with zero attached hydrogens (tertiary/aromatic N) is 6. The first-order chi connectivity index (χ1) is 27.6. The van der Waals surface area contributed by atoms with Gasteiger partial charge >= 0.3 is 0 Å². The smallest absolute Gasteiger partial charge is 0.142 e. The Labute approximate surface area is 344 Å². The van der Waals surface area contributed by atoms with E-state index in [1.165, 1.54) is 45.5 Å². The van der Waals surface area contributed by atoms with Crippen LogP contribution in [0.25, 0.3) is 45.3 Å². The molecule has 1 aliphatic rings. The standard InChI is InChI=1S/C29H24N6.C12H10.C3H8.2C2H6.H2S2/c1-21-17-28(34-15-4-13-30-34)33(20-21)27-8-3-6-24(19-27)23-5-2-7-26(18-23)32-16-12-22-9-10-25-11-14-31-35(25)29(22)32;1-3-7-11(8-4-1)12-9-5-2-6-10-12;1-3-2;3*1-2/h2-8,11-20H,9-10H2,1H3;1-10H;3H2,1-2H3;2*1-2H3;1-2H. The summed E-state index contributed by atoms with van der Waals surface area (Å²) in [6, 6.07) is 46.6. The lowest BCUT2D eigenvalue weighted by Gasteiger charge is -2.18. The zero-order valence-electron chi connectivity index (χ0n) is 33.8. The SMILES string of the molecule is CC.CC.CCC.Cc1cc(-n2cccn2)n(-c2cccc(-c3cccc(-n4ccc5c4-n4nccc4CC5)c3)c2)c1.SS.c1ccc(-c2ccccc2)cc1. The highest BCUT2D eigenvalue weighted by Gasteiger charge is 2.21. The number of aromatic nitrogens is 6. The zero-order valence-corrected chi connectivity index (χ0v) is 35.6. The number of fused-ring (bicyclic) bond motifs is 3. The molecular formula is C48H56N6S2. The number of thiol groups is 2. The van der Waals surface area contributed by atoms with Gasteiger partial charge in [-0.05, 0) is 102 Å². The minimum Gasteiger partial charge on any atom is -0.302 e. The molecule has 0 saturated heterocycles. The van der Waals surface area contributed by atoms with Gasteiger partial charge < -0.3 is 9.13 Å². The maximum absolute atomic E-state index is 4.60. The molecule has 0 amide bonds. The third-order valence-corrected chi connectivity index (χ3v) is 8.65. The highest BCUT2D eigenvalue weighted by atomic mass is 33.1. The van der Waals surface area contributed by atoms with Gasteiger partial charge in [0.1, 0.15) is 11.6 Å². The van der Waals surface area contributed by atoms with E-state index in [1.54, 1.807) is 6.20 Å². The lowest BCUT2D eigenvalue weighted by atomic mass is 10.0. The number of rotatable bonds is 5. The van der Waals surface area contributed by atoms with Gasteiger partial charge in [0, 0.05) is 48.1 Å². The number of benzene rings is 4. The molecule has 4 aromatic heterocycles. The Morgan fingerprint density at radius 3 is 1.66 bits per heavy atom. The summed E-state index contributed by atoms with van der Waals surface area (Å²) in [4.78, 5) is 0. The van der Waals surface area contributed by atoms with E-state index in [-0.39, 0.29) is 0 Å². The Bertz CT molecular complexity index is 2250. The van der Waals surface area contributed by atoms with Gasteiger partial charge in [-0.3, -0.25) is 0 Å². The van der Waals surface area contributed by atoms with Gasteiger partial charge in [-0.15, -0.1) is 23.3 Å². The maximum atomic E-state index is 4.60. The quantitative estimate of drug-likeness (QED) is 0.135. The third-order valence-electron chi connectivity index (χ3n) is 8.65. The predicted octanol–water partition coefficient (Wildman–Crippen LogP) is 13.3. The van der Waals surface area contributed by atoms with Crippen LogP contribution < -0.4 is 0 Å². The summed E-state index contributed by atoms with van der Waals surface area (Å²) in [5.41, 5.74) is 10.9. The number of hydrogen-bond acceptors (Lipinski definition) is 4. The van der Waals surface area contributed by atoms with E-state index in [0.717, 1.165) is 35.9 Å². The Morgan fingerprint density at radius 2 is 1.11 bits per heavy atom. The van der Waals surface area contributed by atoms with Crippen molar-refractivity contribution in [2.75, 3.05) is 0 Å². The van der Waals surface area contributed by atoms with Crippen molar-refractivity contribution < 1.29 is 0 Å². The fourth-order valence-corrected chi connectivity index (χ4v) is 6.38. The fourth-order valence-electron chi connectivity index (χ4n) is 6.38. The van der Waals surface area contributed by atoms with E-state index in [1.807, 2.05) is 63.0 Å². The maximum Gasteiger partial charge on any atom is 0.142 e. The van der Waals surface area contributed by atoms with E-state index in [4.69, 9.17) is 0 Å². The van der Waals surface area contributed by atoms with E-state index in [2.05, 4.69) is 196 Å². The summed E-state index contributed by atoms with van der Waals surface area (Å²) < 4.78 is 8.43. The van der Waals surface area contributed by atoms with Crippen LogP contribution in [0.5, 0.6) is 0 Å². The van der Waals surface area contributed by atoms with Gasteiger partial charge in [0.15, 0.2) is 0 Å². The van der Waals surface area contributed by atoms with Gasteiger partial charge in [0.25, 0.3) is 0 Å². The molecule has 0 aliphatic carbocycles. The van der Waals surface area contributed by atoms with Crippen molar-refractivity contribution in [2.45, 2.75) is 67.7 Å². The Balaban J connectivity index is 0.000000276. The van der Waals surface area contributed by atoms with Crippen LogP contribution in [0, 0.1) is 6.92 Å². The normalized spacial score (nSPS) is 10.5. The summed E-state index contributed by atoms with van der Waals surface area (Å²) in [6.45, 7) is 14.4. The van der Waals surface area contributed by atoms with Gasteiger partial charge in [-0.1, -0.05) is 133 Å². The molecule has 8 aromatic rings. The van der Waals surface area contributed by atoms with Crippen LogP contribution >= 0.6 is 23.3 Å². The average Bonchev–Trinajstić information content (AvgIpc) is 4.12. The van der Waals surface area contributed by atoms with Crippen molar-refractivity contribution in [3.63, 3.8) is 0 Å². The molecule has 0 unspecified atom stereocenters. The van der Waals surface area contributed by atoms with Crippen molar-refractivity contribution in [2.24, 2.45) is 0 Å². The summed E-state index contributed by atoms with van der Waals surface area (Å²) in [7, 11) is 0. The molecule has 290 valence electrons. The molecule has 6 nitrogen and oxygen atoms in total. The molecular weight excluding hydrogens is 725 g/mol. The highest BCUT2D eigenvalue weighted by Crippen LogP contribution is 2.31. The summed E-state index contributed by atoms with van der Waals surface area (Å²) >= 11 is 6.44. The first-order valence-corrected chi connectivity index (χ1v) is 21.2. The second kappa shape index (κ2) is 22.8. The second-order valence-electron chi connectivity index (χ2n) is 12.5. The van der Waals surface area contributed by atoms with E-state index >= 15 is 0 Å². The second-order valence-corrected chi connectivity index (χ2v) is 12.5. The molecule has 0 atom stereocenters. The molecule has 8 heteroatoms. The average molecular weight is 781 g/mol. The molecule has 9 rings (SSSR count). The lowest BCUT2D eigenvalue weighted by molar-refractivity contribution is 0.707. The summed E-state index contributed by atoms with van der Waals surface area (Å²) in [5.74, 6) is 2.17. The Morgan fingerprint density at radius 1 is 0.554 bits per heavy atom. The number of aryl methyl sites for hydroxylation is 3. The van der Waals surface area contributed by atoms with Gasteiger partial charge in [-0.25, -0.2) is 9.36 Å². The topological polar surface area (TPSA) is 45.5 Å². The molecule has 0 spiro atoms. The predicted molar refractivity (Wildman–Crippen MR) is 245 cm³/mol. The first-order valence-electron chi connectivity index (χ1n) is 19.6. The van der Waals surface area contributed by atoms with Crippen LogP contribution in [-0.2, 0) is 12.8 Å². The van der Waals surface area contributed by atoms with Gasteiger partial charge in [-0.2, -0.15) is 10.2 Å². The third kappa shape index (κ3) is 10.6. The van der Waals surface area contributed by atoms with E-state index in [0.29, 0.717) is 0 Å². The van der Waals surface area contributed by atoms with Crippen molar-refractivity contribution in [3.05, 3.63) is 181 Å². The first kappa shape index (κ1) is 43.3. The summed E-state index contributed by atoms with van der Waals surface area (Å²) in [5, 5.41) is 9.04. The molecule has 0 N–H and O–H groups in total. The van der Waals surface area contributed by atoms with Crippen molar-refractivity contribution in [3.8, 4) is 45.3 Å². The van der Waals surface area contributed by atoms with Gasteiger partial charge in [0.05, 0.1) is 0 Å². The van der Waals surface area contributed by atoms with Crippen LogP contribution in [-0.4, -0.2) is 28.7 Å². The van der Waals surface area contributed by atoms with E-state index in [9.17, 15) is 0 Å². The fraction of sp³-hybridized carbons (Fsp3) is 0.208. The molecule has 56 heavy (non-hydrogen) atoms. The Hall–Kier alpha value is -5.44. The zero-order chi connectivity index (χ0) is 40.3. The van der Waals surface area contributed by atoms with Crippen molar-refractivity contribution in [1.29, 1.82) is 0 Å². The Kier molecular flexibility index (Phi) is 17.6. The van der Waals surface area contributed by atoms with Crippen LogP contribution in [0.2, 0.25) is 0 Å². The largest absolute Gasteiger partial charge is 0.302 e.